The van der Waals surface area contributed by atoms with Gasteiger partial charge in [0.2, 0.25) is 0 Å². The zero-order chi connectivity index (χ0) is 11.4. The number of nitrogens with zero attached hydrogens (tertiary/aromatic N) is 5. The molecule has 0 aliphatic rings. The Labute approximate surface area is 94.3 Å². The second-order valence-corrected chi connectivity index (χ2v) is 3.64. The van der Waals surface area contributed by atoms with Crippen LogP contribution < -0.4 is 5.32 Å². The standard InChI is InChI=1S/C10H16N6/c1-3-11-5-10-12-8-14-16(10)7-9-4-13-15(2)6-9/h4,6,8,11H,3,5,7H2,1-2H3. The third-order valence-electron chi connectivity index (χ3n) is 2.32. The molecule has 6 nitrogen and oxygen atoms in total. The highest BCUT2D eigenvalue weighted by Gasteiger charge is 2.05. The minimum absolute atomic E-state index is 0.717. The van der Waals surface area contributed by atoms with Gasteiger partial charge in [-0.15, -0.1) is 0 Å². The molecule has 2 aromatic rings. The van der Waals surface area contributed by atoms with Crippen molar-refractivity contribution >= 4 is 0 Å². The van der Waals surface area contributed by atoms with Crippen LogP contribution >= 0.6 is 0 Å². The number of rotatable bonds is 5. The third-order valence-corrected chi connectivity index (χ3v) is 2.32. The molecule has 0 aromatic carbocycles. The van der Waals surface area contributed by atoms with Crippen molar-refractivity contribution in [1.82, 2.24) is 29.9 Å². The molecule has 0 saturated carbocycles. The fraction of sp³-hybridized carbons (Fsp3) is 0.500. The van der Waals surface area contributed by atoms with Crippen LogP contribution in [0.5, 0.6) is 0 Å². The molecular formula is C10H16N6. The van der Waals surface area contributed by atoms with Crippen LogP contribution in [0, 0.1) is 0 Å². The molecule has 86 valence electrons. The lowest BCUT2D eigenvalue weighted by molar-refractivity contribution is 0.595. The second kappa shape index (κ2) is 4.89. The Morgan fingerprint density at radius 3 is 2.94 bits per heavy atom. The molecule has 2 rings (SSSR count). The summed E-state index contributed by atoms with van der Waals surface area (Å²) in [7, 11) is 1.91. The molecule has 0 radical (unpaired) electrons. The summed E-state index contributed by atoms with van der Waals surface area (Å²) in [4.78, 5) is 4.22. The maximum absolute atomic E-state index is 4.22. The molecule has 0 aliphatic heterocycles. The first-order valence-corrected chi connectivity index (χ1v) is 5.34. The van der Waals surface area contributed by atoms with Gasteiger partial charge in [-0.1, -0.05) is 6.92 Å². The van der Waals surface area contributed by atoms with Crippen LogP contribution in [0.25, 0.3) is 0 Å². The Hall–Kier alpha value is -1.69. The summed E-state index contributed by atoms with van der Waals surface area (Å²) in [6.45, 7) is 4.47. The van der Waals surface area contributed by atoms with Gasteiger partial charge in [-0.2, -0.15) is 10.2 Å². The molecule has 0 fully saturated rings. The molecule has 2 aromatic heterocycles. The van der Waals surface area contributed by atoms with Gasteiger partial charge in [-0.3, -0.25) is 4.68 Å². The van der Waals surface area contributed by atoms with E-state index < -0.39 is 0 Å². The average molecular weight is 220 g/mol. The summed E-state index contributed by atoms with van der Waals surface area (Å²) in [5, 5.41) is 11.6. The minimum atomic E-state index is 0.717. The fourth-order valence-corrected chi connectivity index (χ4v) is 1.52. The van der Waals surface area contributed by atoms with Crippen LogP contribution in [0.4, 0.5) is 0 Å². The van der Waals surface area contributed by atoms with Crippen LogP contribution in [0.1, 0.15) is 18.3 Å². The summed E-state index contributed by atoms with van der Waals surface area (Å²) in [6, 6.07) is 0. The third kappa shape index (κ3) is 2.46. The molecule has 0 atom stereocenters. The topological polar surface area (TPSA) is 60.6 Å². The minimum Gasteiger partial charge on any atom is -0.310 e. The Balaban J connectivity index is 2.06. The van der Waals surface area contributed by atoms with Crippen LogP contribution in [-0.4, -0.2) is 31.1 Å². The van der Waals surface area contributed by atoms with E-state index in [1.54, 1.807) is 11.0 Å². The van der Waals surface area contributed by atoms with Crippen molar-refractivity contribution in [2.24, 2.45) is 7.05 Å². The normalized spacial score (nSPS) is 10.9. The van der Waals surface area contributed by atoms with Gasteiger partial charge >= 0.3 is 0 Å². The summed E-state index contributed by atoms with van der Waals surface area (Å²) in [5.74, 6) is 0.950. The van der Waals surface area contributed by atoms with E-state index in [1.807, 2.05) is 24.1 Å². The van der Waals surface area contributed by atoms with Gasteiger partial charge in [0.15, 0.2) is 0 Å². The molecular weight excluding hydrogens is 204 g/mol. The number of hydrogen-bond acceptors (Lipinski definition) is 4. The Bertz CT molecular complexity index is 444. The van der Waals surface area contributed by atoms with E-state index in [2.05, 4.69) is 27.4 Å². The Morgan fingerprint density at radius 2 is 2.25 bits per heavy atom. The average Bonchev–Trinajstić information content (AvgIpc) is 2.86. The van der Waals surface area contributed by atoms with Crippen molar-refractivity contribution in [2.45, 2.75) is 20.0 Å². The number of nitrogens with one attached hydrogen (secondary N) is 1. The van der Waals surface area contributed by atoms with Crippen molar-refractivity contribution in [2.75, 3.05) is 6.54 Å². The van der Waals surface area contributed by atoms with E-state index in [0.29, 0.717) is 6.54 Å². The van der Waals surface area contributed by atoms with E-state index in [1.165, 1.54) is 0 Å². The van der Waals surface area contributed by atoms with Crippen molar-refractivity contribution in [3.63, 3.8) is 0 Å². The molecule has 0 unspecified atom stereocenters. The van der Waals surface area contributed by atoms with Gasteiger partial charge in [-0.25, -0.2) is 9.67 Å². The van der Waals surface area contributed by atoms with Crippen LogP contribution in [-0.2, 0) is 20.1 Å². The van der Waals surface area contributed by atoms with Gasteiger partial charge in [0, 0.05) is 18.8 Å². The SMILES string of the molecule is CCNCc1ncnn1Cc1cnn(C)c1. The maximum atomic E-state index is 4.22. The molecule has 2 heterocycles. The summed E-state index contributed by atoms with van der Waals surface area (Å²) in [6.07, 6.45) is 5.42. The van der Waals surface area contributed by atoms with Crippen LogP contribution in [0.15, 0.2) is 18.7 Å². The molecule has 0 bridgehead atoms. The Morgan fingerprint density at radius 1 is 1.38 bits per heavy atom. The number of hydrogen-bond donors (Lipinski definition) is 1. The molecule has 1 N–H and O–H groups in total. The summed E-state index contributed by atoms with van der Waals surface area (Å²) < 4.78 is 3.68. The first-order valence-electron chi connectivity index (χ1n) is 5.34. The maximum Gasteiger partial charge on any atom is 0.141 e. The Kier molecular flexibility index (Phi) is 3.31. The van der Waals surface area contributed by atoms with Crippen molar-refractivity contribution in [3.05, 3.63) is 30.1 Å². The number of aryl methyl sites for hydroxylation is 1. The first-order chi connectivity index (χ1) is 7.79. The van der Waals surface area contributed by atoms with E-state index in [-0.39, 0.29) is 0 Å². The zero-order valence-electron chi connectivity index (χ0n) is 9.59. The van der Waals surface area contributed by atoms with Crippen LogP contribution in [0.3, 0.4) is 0 Å². The predicted molar refractivity (Wildman–Crippen MR) is 59.7 cm³/mol. The lowest BCUT2D eigenvalue weighted by atomic mass is 10.3. The van der Waals surface area contributed by atoms with Crippen molar-refractivity contribution < 1.29 is 0 Å². The number of aromatic nitrogens is 5. The lowest BCUT2D eigenvalue weighted by Gasteiger charge is -2.04. The highest BCUT2D eigenvalue weighted by molar-refractivity contribution is 5.04. The molecule has 0 aliphatic carbocycles. The van der Waals surface area contributed by atoms with E-state index >= 15 is 0 Å². The molecule has 6 heteroatoms. The van der Waals surface area contributed by atoms with Gasteiger partial charge in [0.1, 0.15) is 12.2 Å². The van der Waals surface area contributed by atoms with Gasteiger partial charge < -0.3 is 5.32 Å². The van der Waals surface area contributed by atoms with Crippen molar-refractivity contribution in [3.8, 4) is 0 Å². The largest absolute Gasteiger partial charge is 0.310 e. The zero-order valence-corrected chi connectivity index (χ0v) is 9.59. The smallest absolute Gasteiger partial charge is 0.141 e. The van der Waals surface area contributed by atoms with Gasteiger partial charge in [0.05, 0.1) is 19.3 Å². The predicted octanol–water partition coefficient (Wildman–Crippen LogP) is 0.169. The molecule has 0 amide bonds. The van der Waals surface area contributed by atoms with Crippen LogP contribution in [0.2, 0.25) is 0 Å². The highest BCUT2D eigenvalue weighted by Crippen LogP contribution is 2.02. The molecule has 0 spiro atoms. The highest BCUT2D eigenvalue weighted by atomic mass is 15.3. The van der Waals surface area contributed by atoms with E-state index in [0.717, 1.165) is 24.5 Å². The second-order valence-electron chi connectivity index (χ2n) is 3.64. The van der Waals surface area contributed by atoms with E-state index in [4.69, 9.17) is 0 Å². The van der Waals surface area contributed by atoms with Gasteiger partial charge in [-0.05, 0) is 6.54 Å². The molecule has 0 saturated heterocycles. The van der Waals surface area contributed by atoms with Gasteiger partial charge in [0.25, 0.3) is 0 Å². The van der Waals surface area contributed by atoms with Crippen molar-refractivity contribution in [1.29, 1.82) is 0 Å². The monoisotopic (exact) mass is 220 g/mol. The molecule has 16 heavy (non-hydrogen) atoms. The summed E-state index contributed by atoms with van der Waals surface area (Å²) in [5.41, 5.74) is 1.13. The fourth-order valence-electron chi connectivity index (χ4n) is 1.52. The summed E-state index contributed by atoms with van der Waals surface area (Å²) >= 11 is 0. The lowest BCUT2D eigenvalue weighted by Crippen LogP contribution is -2.17. The van der Waals surface area contributed by atoms with E-state index in [9.17, 15) is 0 Å². The first kappa shape index (κ1) is 10.8. The quantitative estimate of drug-likeness (QED) is 0.780.